The molecule has 1 saturated heterocycles. The Labute approximate surface area is 200 Å². The minimum Gasteiger partial charge on any atom is -0.478 e. The number of aliphatic hydroxyl groups is 1. The first-order valence-corrected chi connectivity index (χ1v) is 11.7. The van der Waals surface area contributed by atoms with E-state index in [-0.39, 0.29) is 18.3 Å². The molecule has 3 atom stereocenters. The van der Waals surface area contributed by atoms with Crippen LogP contribution in [0.1, 0.15) is 27.1 Å². The van der Waals surface area contributed by atoms with Crippen LogP contribution in [-0.4, -0.2) is 45.6 Å². The third-order valence-corrected chi connectivity index (χ3v) is 6.80. The molecule has 0 spiro atoms. The molecule has 7 heteroatoms. The Kier molecular flexibility index (Phi) is 7.45. The lowest BCUT2D eigenvalue weighted by atomic mass is 10.1. The molecular weight excluding hydrogens is 455 g/mol. The van der Waals surface area contributed by atoms with Crippen LogP contribution in [0.3, 0.4) is 0 Å². The molecule has 1 aliphatic heterocycles. The quantitative estimate of drug-likeness (QED) is 0.366. The molecule has 0 saturated carbocycles. The molecule has 4 aromatic rings. The van der Waals surface area contributed by atoms with Gasteiger partial charge in [-0.2, -0.15) is 0 Å². The van der Waals surface area contributed by atoms with E-state index in [0.29, 0.717) is 11.1 Å². The summed E-state index contributed by atoms with van der Waals surface area (Å²) < 4.78 is 18.4. The van der Waals surface area contributed by atoms with Crippen LogP contribution in [0.25, 0.3) is 21.5 Å². The summed E-state index contributed by atoms with van der Waals surface area (Å²) in [7, 11) is 0. The maximum absolute atomic E-state index is 13.2. The molecule has 5 nitrogen and oxygen atoms in total. The van der Waals surface area contributed by atoms with Gasteiger partial charge in [0.25, 0.3) is 0 Å². The van der Waals surface area contributed by atoms with Gasteiger partial charge < -0.3 is 14.9 Å². The Morgan fingerprint density at radius 3 is 1.91 bits per heavy atom. The predicted molar refractivity (Wildman–Crippen MR) is 132 cm³/mol. The van der Waals surface area contributed by atoms with Crippen molar-refractivity contribution in [3.8, 4) is 0 Å². The number of carbonyl (C=O) groups excluding carboxylic acids is 1. The van der Waals surface area contributed by atoms with Gasteiger partial charge in [-0.1, -0.05) is 60.7 Å². The average Bonchev–Trinajstić information content (AvgIpc) is 3.19. The van der Waals surface area contributed by atoms with Gasteiger partial charge in [-0.05, 0) is 52.2 Å². The van der Waals surface area contributed by atoms with Gasteiger partial charge in [0.15, 0.2) is 0 Å². The number of esters is 1. The lowest BCUT2D eigenvalue weighted by Gasteiger charge is -2.10. The van der Waals surface area contributed by atoms with Crippen LogP contribution in [0.2, 0.25) is 0 Å². The number of hydrogen-bond donors (Lipinski definition) is 2. The zero-order valence-electron chi connectivity index (χ0n) is 18.1. The highest BCUT2D eigenvalue weighted by Gasteiger charge is 2.34. The van der Waals surface area contributed by atoms with Crippen LogP contribution in [-0.2, 0) is 4.74 Å². The standard InChI is InChI=1S/C16H15FO3S.C11H8O2/c17-14-8-13(21-16(14)19)9-20-15(18)12-6-5-10-3-1-2-4-11(10)7-12;12-11(13)10-6-5-8-3-1-2-4-9(8)7-10/h1-7,13-14,16,19H,8-9H2;1-7H,(H,12,13)/t13-,14+,16?;/m1./s1. The molecule has 0 aromatic heterocycles. The molecule has 0 amide bonds. The maximum Gasteiger partial charge on any atom is 0.338 e. The molecule has 5 rings (SSSR count). The topological polar surface area (TPSA) is 83.8 Å². The van der Waals surface area contributed by atoms with E-state index < -0.39 is 23.5 Å². The molecule has 1 unspecified atom stereocenters. The molecule has 0 aliphatic carbocycles. The van der Waals surface area contributed by atoms with Gasteiger partial charge in [0.2, 0.25) is 0 Å². The first-order valence-electron chi connectivity index (χ1n) is 10.8. The molecule has 0 radical (unpaired) electrons. The number of alkyl halides is 1. The molecular formula is C27H23FO5S. The monoisotopic (exact) mass is 478 g/mol. The summed E-state index contributed by atoms with van der Waals surface area (Å²) in [5.74, 6) is -1.30. The van der Waals surface area contributed by atoms with Crippen molar-refractivity contribution in [1.29, 1.82) is 0 Å². The number of hydrogen-bond acceptors (Lipinski definition) is 5. The minimum atomic E-state index is -1.24. The third-order valence-electron chi connectivity index (χ3n) is 5.51. The number of benzene rings is 4. The normalized spacial score (nSPS) is 19.4. The Hall–Kier alpha value is -3.42. The first kappa shape index (κ1) is 23.7. The molecule has 1 fully saturated rings. The number of carbonyl (C=O) groups is 2. The summed E-state index contributed by atoms with van der Waals surface area (Å²) in [4.78, 5) is 22.7. The molecule has 0 bridgehead atoms. The Morgan fingerprint density at radius 2 is 1.38 bits per heavy atom. The van der Waals surface area contributed by atoms with Crippen molar-refractivity contribution in [2.45, 2.75) is 23.3 Å². The number of aromatic carboxylic acids is 1. The van der Waals surface area contributed by atoms with Gasteiger partial charge >= 0.3 is 11.9 Å². The van der Waals surface area contributed by atoms with E-state index in [0.717, 1.165) is 33.3 Å². The number of carboxylic acids is 1. The van der Waals surface area contributed by atoms with Crippen molar-refractivity contribution in [2.75, 3.05) is 6.61 Å². The Balaban J connectivity index is 0.000000180. The fourth-order valence-corrected chi connectivity index (χ4v) is 4.82. The van der Waals surface area contributed by atoms with Crippen molar-refractivity contribution in [2.24, 2.45) is 0 Å². The van der Waals surface area contributed by atoms with Crippen molar-refractivity contribution in [3.63, 3.8) is 0 Å². The predicted octanol–water partition coefficient (Wildman–Crippen LogP) is 5.70. The van der Waals surface area contributed by atoms with Gasteiger partial charge in [-0.25, -0.2) is 14.0 Å². The number of thioether (sulfide) groups is 1. The SMILES string of the molecule is O=C(O)c1ccc2ccccc2c1.O=C(OC[C@H]1C[C@H](F)C(O)S1)c1ccc2ccccc2c1. The van der Waals surface area contributed by atoms with Crippen molar-refractivity contribution < 1.29 is 28.9 Å². The summed E-state index contributed by atoms with van der Waals surface area (Å²) in [6.07, 6.45) is -1.02. The van der Waals surface area contributed by atoms with E-state index in [1.807, 2.05) is 60.7 Å². The highest BCUT2D eigenvalue weighted by atomic mass is 32.2. The molecule has 4 aromatic carbocycles. The van der Waals surface area contributed by atoms with E-state index in [9.17, 15) is 19.1 Å². The number of carboxylic acid groups (broad SMARTS) is 1. The van der Waals surface area contributed by atoms with Gasteiger partial charge in [0.05, 0.1) is 11.1 Å². The largest absolute Gasteiger partial charge is 0.478 e. The Morgan fingerprint density at radius 1 is 0.853 bits per heavy atom. The number of aliphatic hydroxyl groups excluding tert-OH is 1. The zero-order valence-corrected chi connectivity index (χ0v) is 19.0. The van der Waals surface area contributed by atoms with E-state index >= 15 is 0 Å². The van der Waals surface area contributed by atoms with E-state index in [1.54, 1.807) is 24.3 Å². The van der Waals surface area contributed by atoms with E-state index in [2.05, 4.69) is 0 Å². The maximum atomic E-state index is 13.2. The van der Waals surface area contributed by atoms with E-state index in [4.69, 9.17) is 9.84 Å². The lowest BCUT2D eigenvalue weighted by Crippen LogP contribution is -2.15. The second kappa shape index (κ2) is 10.7. The number of ether oxygens (including phenoxy) is 1. The van der Waals surface area contributed by atoms with Gasteiger partial charge in [-0.15, -0.1) is 11.8 Å². The van der Waals surface area contributed by atoms with Crippen molar-refractivity contribution in [3.05, 3.63) is 96.1 Å². The van der Waals surface area contributed by atoms with Crippen LogP contribution in [0.5, 0.6) is 0 Å². The van der Waals surface area contributed by atoms with Gasteiger partial charge in [0.1, 0.15) is 18.2 Å². The second-order valence-corrected chi connectivity index (χ2v) is 9.35. The average molecular weight is 479 g/mol. The molecule has 34 heavy (non-hydrogen) atoms. The molecule has 1 aliphatic rings. The number of rotatable bonds is 4. The summed E-state index contributed by atoms with van der Waals surface area (Å²) >= 11 is 1.12. The molecule has 174 valence electrons. The minimum absolute atomic E-state index is 0.119. The molecule has 1 heterocycles. The summed E-state index contributed by atoms with van der Waals surface area (Å²) in [5.41, 5.74) is -0.192. The lowest BCUT2D eigenvalue weighted by molar-refractivity contribution is 0.0498. The van der Waals surface area contributed by atoms with Crippen LogP contribution < -0.4 is 0 Å². The fraction of sp³-hybridized carbons (Fsp3) is 0.185. The highest BCUT2D eigenvalue weighted by Crippen LogP contribution is 2.34. The van der Waals surface area contributed by atoms with Crippen molar-refractivity contribution >= 4 is 45.2 Å². The number of fused-ring (bicyclic) bond motifs is 2. The third kappa shape index (κ3) is 5.73. The van der Waals surface area contributed by atoms with Crippen LogP contribution in [0.4, 0.5) is 4.39 Å². The fourth-order valence-electron chi connectivity index (χ4n) is 3.70. The zero-order chi connectivity index (χ0) is 24.1. The van der Waals surface area contributed by atoms with Gasteiger partial charge in [0, 0.05) is 5.25 Å². The van der Waals surface area contributed by atoms with Gasteiger partial charge in [-0.3, -0.25) is 0 Å². The number of halogens is 1. The smallest absolute Gasteiger partial charge is 0.338 e. The highest BCUT2D eigenvalue weighted by molar-refractivity contribution is 8.00. The summed E-state index contributed by atoms with van der Waals surface area (Å²) in [5, 5.41) is 21.9. The Bertz CT molecular complexity index is 1310. The molecule has 2 N–H and O–H groups in total. The van der Waals surface area contributed by atoms with Crippen LogP contribution in [0, 0.1) is 0 Å². The second-order valence-electron chi connectivity index (χ2n) is 7.93. The van der Waals surface area contributed by atoms with Crippen LogP contribution in [0.15, 0.2) is 84.9 Å². The summed E-state index contributed by atoms with van der Waals surface area (Å²) in [6, 6.07) is 25.9. The summed E-state index contributed by atoms with van der Waals surface area (Å²) in [6.45, 7) is 0.119. The van der Waals surface area contributed by atoms with E-state index in [1.165, 1.54) is 0 Å². The first-order chi connectivity index (χ1) is 16.4. The van der Waals surface area contributed by atoms with Crippen molar-refractivity contribution in [1.82, 2.24) is 0 Å². The van der Waals surface area contributed by atoms with Crippen LogP contribution >= 0.6 is 11.8 Å².